The van der Waals surface area contributed by atoms with E-state index in [0.29, 0.717) is 17.4 Å². The zero-order valence-electron chi connectivity index (χ0n) is 14.7. The van der Waals surface area contributed by atoms with Crippen molar-refractivity contribution >= 4 is 23.6 Å². The second kappa shape index (κ2) is 9.76. The number of ether oxygens (including phenoxy) is 1. The largest absolute Gasteiger partial charge is 0.469 e. The van der Waals surface area contributed by atoms with E-state index in [1.165, 1.54) is 13.2 Å². The molecule has 1 heterocycles. The number of amides is 1. The van der Waals surface area contributed by atoms with Crippen molar-refractivity contribution in [2.24, 2.45) is 0 Å². The molecule has 1 aromatic carbocycles. The zero-order valence-corrected chi connectivity index (χ0v) is 15.5. The van der Waals surface area contributed by atoms with Crippen LogP contribution in [0.2, 0.25) is 0 Å². The molecule has 0 aliphatic rings. The van der Waals surface area contributed by atoms with Crippen LogP contribution in [-0.2, 0) is 20.7 Å². The highest BCUT2D eigenvalue weighted by molar-refractivity contribution is 7.99. The number of aromatic nitrogens is 2. The Bertz CT molecular complexity index is 808. The summed E-state index contributed by atoms with van der Waals surface area (Å²) in [6.45, 7) is 2.56. The number of H-pyrrole nitrogens is 1. The highest BCUT2D eigenvalue weighted by atomic mass is 32.2. The molecule has 0 saturated heterocycles. The summed E-state index contributed by atoms with van der Waals surface area (Å²) in [5, 5.41) is 3.16. The van der Waals surface area contributed by atoms with Crippen LogP contribution in [-0.4, -0.2) is 41.3 Å². The number of benzene rings is 1. The Morgan fingerprint density at radius 2 is 2.04 bits per heavy atom. The average molecular weight is 375 g/mol. The second-order valence-electron chi connectivity index (χ2n) is 5.70. The Morgan fingerprint density at radius 3 is 2.73 bits per heavy atom. The van der Waals surface area contributed by atoms with Crippen molar-refractivity contribution in [3.63, 3.8) is 0 Å². The van der Waals surface area contributed by atoms with E-state index in [1.807, 2.05) is 37.3 Å². The minimum Gasteiger partial charge on any atom is -0.469 e. The van der Waals surface area contributed by atoms with Gasteiger partial charge in [0.2, 0.25) is 5.91 Å². The predicted octanol–water partition coefficient (Wildman–Crippen LogP) is 1.50. The molecule has 1 amide bonds. The zero-order chi connectivity index (χ0) is 18.9. The van der Waals surface area contributed by atoms with Gasteiger partial charge < -0.3 is 15.0 Å². The maximum absolute atomic E-state index is 12.0. The number of hydrogen-bond acceptors (Lipinski definition) is 6. The molecule has 0 spiro atoms. The molecule has 1 aromatic heterocycles. The van der Waals surface area contributed by atoms with Gasteiger partial charge in [0.05, 0.1) is 25.0 Å². The third-order valence-electron chi connectivity index (χ3n) is 3.64. The number of nitrogens with one attached hydrogen (secondary N) is 2. The summed E-state index contributed by atoms with van der Waals surface area (Å²) in [4.78, 5) is 41.7. The van der Waals surface area contributed by atoms with Crippen LogP contribution in [0.4, 0.5) is 0 Å². The molecule has 1 atom stereocenters. The number of thioether (sulfide) groups is 1. The fraction of sp³-hybridized carbons (Fsp3) is 0.333. The molecule has 0 radical (unpaired) electrons. The van der Waals surface area contributed by atoms with Gasteiger partial charge in [0.15, 0.2) is 5.16 Å². The van der Waals surface area contributed by atoms with Crippen LogP contribution >= 0.6 is 11.8 Å². The number of aromatic amines is 1. The molecule has 26 heavy (non-hydrogen) atoms. The first-order valence-corrected chi connectivity index (χ1v) is 9.08. The summed E-state index contributed by atoms with van der Waals surface area (Å²) in [5.74, 6) is -0.316. The summed E-state index contributed by atoms with van der Waals surface area (Å²) in [7, 11) is 1.27. The molecular formula is C18H21N3O4S. The van der Waals surface area contributed by atoms with E-state index in [1.54, 1.807) is 0 Å². The van der Waals surface area contributed by atoms with Crippen LogP contribution in [0, 0.1) is 0 Å². The van der Waals surface area contributed by atoms with Gasteiger partial charge in [0, 0.05) is 12.6 Å². The van der Waals surface area contributed by atoms with E-state index in [2.05, 4.69) is 20.0 Å². The first kappa shape index (κ1) is 19.7. The molecule has 2 N–H and O–H groups in total. The van der Waals surface area contributed by atoms with Crippen molar-refractivity contribution in [1.82, 2.24) is 15.3 Å². The fourth-order valence-corrected chi connectivity index (χ4v) is 2.94. The van der Waals surface area contributed by atoms with Crippen LogP contribution in [0.5, 0.6) is 0 Å². The molecule has 2 rings (SSSR count). The molecule has 7 nitrogen and oxygen atoms in total. The first-order chi connectivity index (χ1) is 12.5. The van der Waals surface area contributed by atoms with E-state index < -0.39 is 5.97 Å². The summed E-state index contributed by atoms with van der Waals surface area (Å²) in [6.07, 6.45) is -0.0885. The Balaban J connectivity index is 1.85. The minimum atomic E-state index is -0.480. The highest BCUT2D eigenvalue weighted by Crippen LogP contribution is 2.14. The van der Waals surface area contributed by atoms with Crippen LogP contribution in [0.3, 0.4) is 0 Å². The van der Waals surface area contributed by atoms with Crippen molar-refractivity contribution in [1.29, 1.82) is 0 Å². The van der Waals surface area contributed by atoms with Gasteiger partial charge in [-0.15, -0.1) is 0 Å². The maximum atomic E-state index is 12.0. The van der Waals surface area contributed by atoms with Gasteiger partial charge in [-0.05, 0) is 11.5 Å². The van der Waals surface area contributed by atoms with Crippen LogP contribution in [0.25, 0.3) is 0 Å². The second-order valence-corrected chi connectivity index (χ2v) is 6.66. The van der Waals surface area contributed by atoms with Gasteiger partial charge in [-0.1, -0.05) is 49.0 Å². The van der Waals surface area contributed by atoms with Crippen molar-refractivity contribution in [2.45, 2.75) is 24.4 Å². The summed E-state index contributed by atoms with van der Waals surface area (Å²) in [6, 6.07) is 11.2. The lowest BCUT2D eigenvalue weighted by atomic mass is 10.0. The van der Waals surface area contributed by atoms with Gasteiger partial charge in [0.1, 0.15) is 0 Å². The number of nitrogens with zero attached hydrogens (tertiary/aromatic N) is 1. The number of esters is 1. The quantitative estimate of drug-likeness (QED) is 0.412. The number of methoxy groups -OCH3 is 1. The molecule has 138 valence electrons. The Morgan fingerprint density at radius 1 is 1.31 bits per heavy atom. The Kier molecular flexibility index (Phi) is 7.40. The summed E-state index contributed by atoms with van der Waals surface area (Å²) in [5.41, 5.74) is 1.09. The SMILES string of the molecule is COC(=O)Cc1cc(=O)[nH]c(SCC(=O)NC[C@@H](C)c2ccccc2)n1. The van der Waals surface area contributed by atoms with E-state index in [0.717, 1.165) is 17.3 Å². The number of carbonyl (C=O) groups excluding carboxylic acids is 2. The van der Waals surface area contributed by atoms with E-state index in [4.69, 9.17) is 0 Å². The number of hydrogen-bond donors (Lipinski definition) is 2. The summed E-state index contributed by atoms with van der Waals surface area (Å²) < 4.78 is 4.56. The third-order valence-corrected chi connectivity index (χ3v) is 4.51. The van der Waals surface area contributed by atoms with Crippen LogP contribution in [0.15, 0.2) is 46.3 Å². The van der Waals surface area contributed by atoms with Crippen molar-refractivity contribution in [2.75, 3.05) is 19.4 Å². The van der Waals surface area contributed by atoms with E-state index in [9.17, 15) is 14.4 Å². The molecule has 2 aromatic rings. The minimum absolute atomic E-state index is 0.0885. The molecule has 0 saturated carbocycles. The monoisotopic (exact) mass is 375 g/mol. The Labute approximate surface area is 155 Å². The maximum Gasteiger partial charge on any atom is 0.311 e. The lowest BCUT2D eigenvalue weighted by Crippen LogP contribution is -2.29. The first-order valence-electron chi connectivity index (χ1n) is 8.09. The van der Waals surface area contributed by atoms with Gasteiger partial charge in [0.25, 0.3) is 5.56 Å². The van der Waals surface area contributed by atoms with Gasteiger partial charge >= 0.3 is 5.97 Å². The van der Waals surface area contributed by atoms with Gasteiger partial charge in [-0.3, -0.25) is 14.4 Å². The number of rotatable bonds is 8. The average Bonchev–Trinajstić information content (AvgIpc) is 2.64. The van der Waals surface area contributed by atoms with Gasteiger partial charge in [-0.2, -0.15) is 0 Å². The lowest BCUT2D eigenvalue weighted by molar-refractivity contribution is -0.139. The lowest BCUT2D eigenvalue weighted by Gasteiger charge is -2.12. The molecule has 0 fully saturated rings. The molecule has 0 aliphatic carbocycles. The normalized spacial score (nSPS) is 11.6. The molecule has 0 bridgehead atoms. The van der Waals surface area contributed by atoms with Crippen LogP contribution < -0.4 is 10.9 Å². The van der Waals surface area contributed by atoms with Crippen LogP contribution in [0.1, 0.15) is 24.1 Å². The van der Waals surface area contributed by atoms with E-state index >= 15 is 0 Å². The summed E-state index contributed by atoms with van der Waals surface area (Å²) >= 11 is 1.11. The standard InChI is InChI=1S/C18H21N3O4S/c1-12(13-6-4-3-5-7-13)10-19-16(23)11-26-18-20-14(8-15(22)21-18)9-17(24)25-2/h3-8,12H,9-11H2,1-2H3,(H,19,23)(H,20,21,22)/t12-/m1/s1. The molecule has 0 aliphatic heterocycles. The van der Waals surface area contributed by atoms with Crippen molar-refractivity contribution in [3.05, 3.63) is 58.0 Å². The Hall–Kier alpha value is -2.61. The molecule has 8 heteroatoms. The highest BCUT2D eigenvalue weighted by Gasteiger charge is 2.11. The molecular weight excluding hydrogens is 354 g/mol. The van der Waals surface area contributed by atoms with Crippen molar-refractivity contribution in [3.8, 4) is 0 Å². The van der Waals surface area contributed by atoms with Crippen molar-refractivity contribution < 1.29 is 14.3 Å². The predicted molar refractivity (Wildman–Crippen MR) is 99.2 cm³/mol. The van der Waals surface area contributed by atoms with E-state index in [-0.39, 0.29) is 29.6 Å². The van der Waals surface area contributed by atoms with Gasteiger partial charge in [-0.25, -0.2) is 4.98 Å². The fourth-order valence-electron chi connectivity index (χ4n) is 2.21. The molecule has 0 unspecified atom stereocenters. The third kappa shape index (κ3) is 6.36. The topological polar surface area (TPSA) is 101 Å². The smallest absolute Gasteiger partial charge is 0.311 e. The number of carbonyl (C=O) groups is 2.